The monoisotopic (exact) mass is 295 g/mol. The lowest BCUT2D eigenvalue weighted by Gasteiger charge is -2.15. The molecule has 1 amide bonds. The number of nitrogens with one attached hydrogen (secondary N) is 2. The van der Waals surface area contributed by atoms with Crippen LogP contribution >= 0.6 is 11.6 Å². The van der Waals surface area contributed by atoms with E-state index < -0.39 is 0 Å². The molecule has 0 radical (unpaired) electrons. The molecule has 0 fully saturated rings. The minimum atomic E-state index is -0.251. The Hall–Kier alpha value is -1.82. The number of amides is 1. The molecule has 0 aliphatic heterocycles. The topological polar surface area (TPSA) is 75.6 Å². The average molecular weight is 296 g/mol. The Morgan fingerprint density at radius 3 is 2.70 bits per heavy atom. The van der Waals surface area contributed by atoms with E-state index in [1.165, 1.54) is 4.68 Å². The highest BCUT2D eigenvalue weighted by molar-refractivity contribution is 6.34. The van der Waals surface area contributed by atoms with E-state index in [1.807, 2.05) is 13.8 Å². The number of aryl methyl sites for hydroxylation is 3. The van der Waals surface area contributed by atoms with Crippen LogP contribution in [0.1, 0.15) is 47.1 Å². The number of halogens is 1. The Balaban J connectivity index is 2.21. The van der Waals surface area contributed by atoms with E-state index in [0.717, 1.165) is 17.9 Å². The van der Waals surface area contributed by atoms with Gasteiger partial charge in [-0.2, -0.15) is 5.10 Å². The largest absolute Gasteiger partial charge is 0.344 e. The summed E-state index contributed by atoms with van der Waals surface area (Å²) in [6.07, 6.45) is 2.47. The van der Waals surface area contributed by atoms with E-state index >= 15 is 0 Å². The quantitative estimate of drug-likeness (QED) is 0.908. The fourth-order valence-electron chi connectivity index (χ4n) is 2.08. The molecule has 6 nitrogen and oxygen atoms in total. The summed E-state index contributed by atoms with van der Waals surface area (Å²) in [7, 11) is 1.70. The summed E-state index contributed by atoms with van der Waals surface area (Å²) >= 11 is 6.12. The van der Waals surface area contributed by atoms with Gasteiger partial charge in [-0.1, -0.05) is 18.5 Å². The molecule has 0 aliphatic carbocycles. The van der Waals surface area contributed by atoms with Crippen molar-refractivity contribution in [1.29, 1.82) is 0 Å². The fourth-order valence-corrected chi connectivity index (χ4v) is 2.33. The first-order valence-corrected chi connectivity index (χ1v) is 6.83. The van der Waals surface area contributed by atoms with Gasteiger partial charge in [-0.25, -0.2) is 4.98 Å². The molecule has 0 saturated carbocycles. The van der Waals surface area contributed by atoms with Crippen molar-refractivity contribution in [1.82, 2.24) is 25.1 Å². The van der Waals surface area contributed by atoms with Crippen molar-refractivity contribution >= 4 is 17.5 Å². The van der Waals surface area contributed by atoms with Gasteiger partial charge >= 0.3 is 0 Å². The van der Waals surface area contributed by atoms with Gasteiger partial charge in [0.25, 0.3) is 5.91 Å². The molecule has 2 aromatic rings. The molecular formula is C13H18ClN5O. The first-order chi connectivity index (χ1) is 9.43. The number of imidazole rings is 1. The minimum Gasteiger partial charge on any atom is -0.344 e. The van der Waals surface area contributed by atoms with Crippen molar-refractivity contribution in [3.8, 4) is 0 Å². The van der Waals surface area contributed by atoms with Crippen molar-refractivity contribution in [3.05, 3.63) is 34.1 Å². The highest BCUT2D eigenvalue weighted by Crippen LogP contribution is 2.21. The smallest absolute Gasteiger partial charge is 0.271 e. The van der Waals surface area contributed by atoms with Gasteiger partial charge in [0.1, 0.15) is 11.5 Å². The maximum absolute atomic E-state index is 12.4. The Morgan fingerprint density at radius 1 is 1.55 bits per heavy atom. The molecule has 2 N–H and O–H groups in total. The predicted molar refractivity (Wildman–Crippen MR) is 76.8 cm³/mol. The SMILES string of the molecule is CC[C@@H](NC(=O)c1c(Cl)c(C)nn1C)c1ncc(C)[nH]1. The summed E-state index contributed by atoms with van der Waals surface area (Å²) in [5.74, 6) is 0.493. The van der Waals surface area contributed by atoms with E-state index in [1.54, 1.807) is 20.2 Å². The molecule has 0 saturated heterocycles. The van der Waals surface area contributed by atoms with E-state index in [2.05, 4.69) is 20.4 Å². The highest BCUT2D eigenvalue weighted by Gasteiger charge is 2.22. The molecule has 7 heteroatoms. The Kier molecular flexibility index (Phi) is 4.13. The van der Waals surface area contributed by atoms with Crippen LogP contribution in [-0.2, 0) is 7.05 Å². The first-order valence-electron chi connectivity index (χ1n) is 6.45. The number of carbonyl (C=O) groups excluding carboxylic acids is 1. The van der Waals surface area contributed by atoms with Gasteiger partial charge < -0.3 is 10.3 Å². The van der Waals surface area contributed by atoms with Crippen LogP contribution in [0.2, 0.25) is 5.02 Å². The third-order valence-electron chi connectivity index (χ3n) is 3.13. The number of nitrogens with zero attached hydrogens (tertiary/aromatic N) is 3. The number of hydrogen-bond donors (Lipinski definition) is 2. The second-order valence-corrected chi connectivity index (χ2v) is 5.14. The molecule has 0 spiro atoms. The second kappa shape index (κ2) is 5.66. The zero-order valence-electron chi connectivity index (χ0n) is 12.0. The summed E-state index contributed by atoms with van der Waals surface area (Å²) < 4.78 is 1.49. The maximum atomic E-state index is 12.4. The van der Waals surface area contributed by atoms with Crippen molar-refractivity contribution < 1.29 is 4.79 Å². The van der Waals surface area contributed by atoms with Crippen LogP contribution in [0.4, 0.5) is 0 Å². The molecule has 2 aromatic heterocycles. The molecule has 108 valence electrons. The van der Waals surface area contributed by atoms with Crippen LogP contribution in [0.25, 0.3) is 0 Å². The van der Waals surface area contributed by atoms with E-state index in [0.29, 0.717) is 16.4 Å². The second-order valence-electron chi connectivity index (χ2n) is 4.76. The molecule has 20 heavy (non-hydrogen) atoms. The van der Waals surface area contributed by atoms with E-state index in [4.69, 9.17) is 11.6 Å². The number of carbonyl (C=O) groups is 1. The third-order valence-corrected chi connectivity index (χ3v) is 3.58. The first kappa shape index (κ1) is 14.6. The Labute approximate surface area is 122 Å². The normalized spacial score (nSPS) is 12.4. The van der Waals surface area contributed by atoms with Gasteiger partial charge in [-0.3, -0.25) is 9.48 Å². The molecule has 0 unspecified atom stereocenters. The highest BCUT2D eigenvalue weighted by atomic mass is 35.5. The van der Waals surface area contributed by atoms with Crippen LogP contribution in [0.15, 0.2) is 6.20 Å². The number of hydrogen-bond acceptors (Lipinski definition) is 3. The van der Waals surface area contributed by atoms with Crippen molar-refractivity contribution in [2.75, 3.05) is 0 Å². The molecule has 0 bridgehead atoms. The number of aromatic nitrogens is 4. The molecule has 2 rings (SSSR count). The van der Waals surface area contributed by atoms with E-state index in [-0.39, 0.29) is 11.9 Å². The zero-order chi connectivity index (χ0) is 14.9. The zero-order valence-corrected chi connectivity index (χ0v) is 12.7. The lowest BCUT2D eigenvalue weighted by Crippen LogP contribution is -2.30. The summed E-state index contributed by atoms with van der Waals surface area (Å²) in [5, 5.41) is 7.46. The minimum absolute atomic E-state index is 0.178. The molecule has 1 atom stereocenters. The van der Waals surface area contributed by atoms with Gasteiger partial charge in [0.15, 0.2) is 0 Å². The Bertz CT molecular complexity index is 631. The summed E-state index contributed by atoms with van der Waals surface area (Å²) in [4.78, 5) is 19.7. The molecular weight excluding hydrogens is 278 g/mol. The number of aromatic amines is 1. The van der Waals surface area contributed by atoms with Crippen molar-refractivity contribution in [3.63, 3.8) is 0 Å². The van der Waals surface area contributed by atoms with Gasteiger partial charge in [0.2, 0.25) is 0 Å². The maximum Gasteiger partial charge on any atom is 0.271 e. The summed E-state index contributed by atoms with van der Waals surface area (Å²) in [5.41, 5.74) is 1.97. The molecule has 0 aromatic carbocycles. The molecule has 0 aliphatic rings. The fraction of sp³-hybridized carbons (Fsp3) is 0.462. The van der Waals surface area contributed by atoms with Gasteiger partial charge in [0.05, 0.1) is 16.8 Å². The van der Waals surface area contributed by atoms with E-state index in [9.17, 15) is 4.79 Å². The third kappa shape index (κ3) is 2.70. The number of rotatable bonds is 4. The molecule has 2 heterocycles. The van der Waals surface area contributed by atoms with Crippen LogP contribution in [0, 0.1) is 13.8 Å². The standard InChI is InChI=1S/C13H18ClN5O/c1-5-9(12-15-6-7(2)16-12)17-13(20)11-10(14)8(3)18-19(11)4/h6,9H,5H2,1-4H3,(H,15,16)(H,17,20)/t9-/m1/s1. The van der Waals surface area contributed by atoms with Crippen LogP contribution in [-0.4, -0.2) is 25.7 Å². The summed E-state index contributed by atoms with van der Waals surface area (Å²) in [6, 6.07) is -0.178. The van der Waals surface area contributed by atoms with Crippen LogP contribution < -0.4 is 5.32 Å². The van der Waals surface area contributed by atoms with Crippen LogP contribution in [0.5, 0.6) is 0 Å². The number of H-pyrrole nitrogens is 1. The van der Waals surface area contributed by atoms with Gasteiger partial charge in [0, 0.05) is 18.9 Å². The Morgan fingerprint density at radius 2 is 2.25 bits per heavy atom. The predicted octanol–water partition coefficient (Wildman–Crippen LogP) is 2.29. The van der Waals surface area contributed by atoms with Gasteiger partial charge in [-0.05, 0) is 20.3 Å². The van der Waals surface area contributed by atoms with Crippen molar-refractivity contribution in [2.45, 2.75) is 33.2 Å². The van der Waals surface area contributed by atoms with Gasteiger partial charge in [-0.15, -0.1) is 0 Å². The lowest BCUT2D eigenvalue weighted by molar-refractivity contribution is 0.0924. The lowest BCUT2D eigenvalue weighted by atomic mass is 10.2. The average Bonchev–Trinajstić information content (AvgIpc) is 2.91. The van der Waals surface area contributed by atoms with Crippen LogP contribution in [0.3, 0.4) is 0 Å². The summed E-state index contributed by atoms with van der Waals surface area (Å²) in [6.45, 7) is 5.68. The van der Waals surface area contributed by atoms with Crippen molar-refractivity contribution in [2.24, 2.45) is 7.05 Å².